The smallest absolute Gasteiger partial charge is 0.348 e. The quantitative estimate of drug-likeness (QED) is 0.579. The normalized spacial score (nSPS) is 10.4. The van der Waals surface area contributed by atoms with E-state index in [1.807, 2.05) is 19.1 Å². The first kappa shape index (κ1) is 21.6. The van der Waals surface area contributed by atoms with Gasteiger partial charge in [0.1, 0.15) is 10.7 Å². The number of esters is 1. The minimum atomic E-state index is -0.533. The van der Waals surface area contributed by atoms with Gasteiger partial charge in [-0.2, -0.15) is 5.26 Å². The van der Waals surface area contributed by atoms with Crippen molar-refractivity contribution in [2.24, 2.45) is 0 Å². The average Bonchev–Trinajstić information content (AvgIpc) is 3.11. The van der Waals surface area contributed by atoms with Gasteiger partial charge in [-0.25, -0.2) is 9.18 Å². The number of thiophene rings is 1. The molecule has 1 amide bonds. The number of rotatable bonds is 9. The molecule has 0 aliphatic heterocycles. The molecule has 0 saturated carbocycles. The van der Waals surface area contributed by atoms with Crippen molar-refractivity contribution < 1.29 is 18.7 Å². The van der Waals surface area contributed by atoms with E-state index in [-0.39, 0.29) is 13.0 Å². The van der Waals surface area contributed by atoms with E-state index in [4.69, 9.17) is 10.00 Å². The van der Waals surface area contributed by atoms with Crippen molar-refractivity contribution in [3.05, 3.63) is 51.5 Å². The van der Waals surface area contributed by atoms with Gasteiger partial charge >= 0.3 is 5.97 Å². The maximum atomic E-state index is 13.1. The number of carbonyl (C=O) groups excluding carboxylic acids is 2. The zero-order valence-corrected chi connectivity index (χ0v) is 16.9. The van der Waals surface area contributed by atoms with Gasteiger partial charge in [0.05, 0.1) is 12.5 Å². The molecule has 1 aromatic heterocycles. The van der Waals surface area contributed by atoms with Gasteiger partial charge in [0.2, 0.25) is 0 Å². The predicted molar refractivity (Wildman–Crippen MR) is 107 cm³/mol. The minimum absolute atomic E-state index is 0.113. The van der Waals surface area contributed by atoms with Gasteiger partial charge in [-0.3, -0.25) is 4.79 Å². The first-order chi connectivity index (χ1) is 13.5. The first-order valence-electron chi connectivity index (χ1n) is 9.21. The summed E-state index contributed by atoms with van der Waals surface area (Å²) in [5, 5.41) is 8.82. The molecule has 0 unspecified atom stereocenters. The predicted octanol–water partition coefficient (Wildman–Crippen LogP) is 4.51. The number of nitriles is 1. The van der Waals surface area contributed by atoms with Gasteiger partial charge in [-0.15, -0.1) is 11.3 Å². The topological polar surface area (TPSA) is 70.4 Å². The van der Waals surface area contributed by atoms with Crippen molar-refractivity contribution in [3.63, 3.8) is 0 Å². The van der Waals surface area contributed by atoms with Crippen molar-refractivity contribution in [2.45, 2.75) is 39.5 Å². The van der Waals surface area contributed by atoms with Crippen molar-refractivity contribution in [3.8, 4) is 6.07 Å². The van der Waals surface area contributed by atoms with E-state index in [9.17, 15) is 14.0 Å². The van der Waals surface area contributed by atoms with Gasteiger partial charge in [0.15, 0.2) is 6.61 Å². The number of ether oxygens (including phenoxy) is 1. The Morgan fingerprint density at radius 1 is 1.25 bits per heavy atom. The third kappa shape index (κ3) is 5.64. The van der Waals surface area contributed by atoms with Crippen molar-refractivity contribution in [1.82, 2.24) is 0 Å². The summed E-state index contributed by atoms with van der Waals surface area (Å²) in [4.78, 5) is 27.9. The summed E-state index contributed by atoms with van der Waals surface area (Å²) in [5.41, 5.74) is 1.58. The Labute approximate surface area is 168 Å². The summed E-state index contributed by atoms with van der Waals surface area (Å²) in [6, 6.07) is 9.19. The third-order valence-electron chi connectivity index (χ3n) is 4.17. The SMILES string of the molecule is CCCc1sc(C(=O)OCC(=O)N(CCC#N)c2ccc(F)cc2)cc1CC. The summed E-state index contributed by atoms with van der Waals surface area (Å²) in [6.45, 7) is 3.82. The Morgan fingerprint density at radius 2 is 1.96 bits per heavy atom. The van der Waals surface area contributed by atoms with Crippen molar-refractivity contribution in [2.75, 3.05) is 18.1 Å². The molecule has 0 spiro atoms. The number of nitrogens with zero attached hydrogens (tertiary/aromatic N) is 2. The molecule has 2 aromatic rings. The average molecular weight is 402 g/mol. The van der Waals surface area contributed by atoms with Crippen molar-refractivity contribution in [1.29, 1.82) is 5.26 Å². The van der Waals surface area contributed by atoms with E-state index in [2.05, 4.69) is 6.92 Å². The maximum Gasteiger partial charge on any atom is 0.348 e. The lowest BCUT2D eigenvalue weighted by Gasteiger charge is -2.21. The molecular weight excluding hydrogens is 379 g/mol. The van der Waals surface area contributed by atoms with Gasteiger partial charge in [0.25, 0.3) is 5.91 Å². The van der Waals surface area contributed by atoms with Crippen LogP contribution in [0.2, 0.25) is 0 Å². The van der Waals surface area contributed by atoms with Crippen LogP contribution in [0.5, 0.6) is 0 Å². The van der Waals surface area contributed by atoms with Crippen LogP contribution in [0.3, 0.4) is 0 Å². The lowest BCUT2D eigenvalue weighted by molar-refractivity contribution is -0.121. The Hall–Kier alpha value is -2.72. The van der Waals surface area contributed by atoms with Crippen LogP contribution >= 0.6 is 11.3 Å². The summed E-state index contributed by atoms with van der Waals surface area (Å²) in [7, 11) is 0. The van der Waals surface area contributed by atoms with Crippen LogP contribution in [0.4, 0.5) is 10.1 Å². The van der Waals surface area contributed by atoms with E-state index in [0.717, 1.165) is 24.8 Å². The number of hydrogen-bond acceptors (Lipinski definition) is 5. The lowest BCUT2D eigenvalue weighted by atomic mass is 10.1. The lowest BCUT2D eigenvalue weighted by Crippen LogP contribution is -2.35. The number of carbonyl (C=O) groups is 2. The number of amides is 1. The third-order valence-corrected chi connectivity index (χ3v) is 5.39. The van der Waals surface area contributed by atoms with E-state index >= 15 is 0 Å². The van der Waals surface area contributed by atoms with E-state index in [0.29, 0.717) is 10.6 Å². The minimum Gasteiger partial charge on any atom is -0.451 e. The molecule has 0 saturated heterocycles. The second kappa shape index (κ2) is 10.6. The Morgan fingerprint density at radius 3 is 2.57 bits per heavy atom. The molecule has 5 nitrogen and oxygen atoms in total. The highest BCUT2D eigenvalue weighted by atomic mass is 32.1. The number of halogens is 1. The highest BCUT2D eigenvalue weighted by Crippen LogP contribution is 2.25. The number of benzene rings is 1. The molecule has 1 heterocycles. The second-order valence-electron chi connectivity index (χ2n) is 6.17. The van der Waals surface area contributed by atoms with Crippen LogP contribution in [0.15, 0.2) is 30.3 Å². The van der Waals surface area contributed by atoms with E-state index in [1.165, 1.54) is 45.4 Å². The second-order valence-corrected chi connectivity index (χ2v) is 7.31. The first-order valence-corrected chi connectivity index (χ1v) is 10.0. The standard InChI is InChI=1S/C21H23FN2O3S/c1-3-6-18-15(4-2)13-19(28-18)21(26)27-14-20(25)24(12-5-11-23)17-9-7-16(22)8-10-17/h7-10,13H,3-6,12,14H2,1-2H3. The van der Waals surface area contributed by atoms with Crippen molar-refractivity contribution >= 4 is 28.9 Å². The maximum absolute atomic E-state index is 13.1. The fraction of sp³-hybridized carbons (Fsp3) is 0.381. The molecule has 0 fully saturated rings. The molecule has 0 radical (unpaired) electrons. The fourth-order valence-corrected chi connectivity index (χ4v) is 4.01. The summed E-state index contributed by atoms with van der Waals surface area (Å²) in [6.07, 6.45) is 2.85. The molecule has 0 aliphatic carbocycles. The largest absolute Gasteiger partial charge is 0.451 e. The monoisotopic (exact) mass is 402 g/mol. The molecule has 0 bridgehead atoms. The number of aryl methyl sites for hydroxylation is 2. The molecule has 0 N–H and O–H groups in total. The van der Waals surface area contributed by atoms with Gasteiger partial charge in [0, 0.05) is 17.1 Å². The molecular formula is C21H23FN2O3S. The highest BCUT2D eigenvalue weighted by Gasteiger charge is 2.20. The van der Waals surface area contributed by atoms with Crippen LogP contribution in [-0.2, 0) is 22.4 Å². The van der Waals surface area contributed by atoms with Crippen LogP contribution in [-0.4, -0.2) is 25.0 Å². The molecule has 1 aromatic carbocycles. The summed E-state index contributed by atoms with van der Waals surface area (Å²) < 4.78 is 18.3. The Bertz CT molecular complexity index is 856. The van der Waals surface area contributed by atoms with E-state index in [1.54, 1.807) is 0 Å². The van der Waals surface area contributed by atoms with E-state index < -0.39 is 24.3 Å². The van der Waals surface area contributed by atoms with Crippen LogP contribution < -0.4 is 4.90 Å². The zero-order valence-electron chi connectivity index (χ0n) is 16.0. The number of anilines is 1. The Kier molecular flexibility index (Phi) is 8.15. The number of hydrogen-bond donors (Lipinski definition) is 0. The summed E-state index contributed by atoms with van der Waals surface area (Å²) in [5.74, 6) is -1.42. The van der Waals surface area contributed by atoms with Gasteiger partial charge < -0.3 is 9.64 Å². The molecule has 2 rings (SSSR count). The fourth-order valence-electron chi connectivity index (χ4n) is 2.76. The molecule has 0 atom stereocenters. The van der Waals surface area contributed by atoms with Gasteiger partial charge in [-0.1, -0.05) is 20.3 Å². The molecule has 0 aliphatic rings. The highest BCUT2D eigenvalue weighted by molar-refractivity contribution is 7.14. The van der Waals surface area contributed by atoms with Crippen LogP contribution in [0.25, 0.3) is 0 Å². The van der Waals surface area contributed by atoms with Crippen LogP contribution in [0, 0.1) is 17.1 Å². The molecule has 7 heteroatoms. The van der Waals surface area contributed by atoms with Gasteiger partial charge in [-0.05, 0) is 48.7 Å². The molecule has 28 heavy (non-hydrogen) atoms. The Balaban J connectivity index is 2.06. The summed E-state index contributed by atoms with van der Waals surface area (Å²) >= 11 is 1.40. The zero-order chi connectivity index (χ0) is 20.5. The molecule has 148 valence electrons. The van der Waals surface area contributed by atoms with Crippen LogP contribution in [0.1, 0.15) is 46.8 Å².